The van der Waals surface area contributed by atoms with E-state index in [9.17, 15) is 14.6 Å². The number of carbonyl (C=O) groups is 2. The molecule has 0 aliphatic carbocycles. The van der Waals surface area contributed by atoms with Gasteiger partial charge in [-0.1, -0.05) is 34.5 Å². The molecule has 2 rings (SSSR count). The maximum absolute atomic E-state index is 11.8. The van der Waals surface area contributed by atoms with Crippen LogP contribution in [-0.2, 0) is 9.51 Å². The number of carbonyl (C=O) groups excluding carboxylic acids is 2. The minimum absolute atomic E-state index is 0. The number of amides is 2. The van der Waals surface area contributed by atoms with Crippen molar-refractivity contribution in [2.24, 2.45) is 20.8 Å². The van der Waals surface area contributed by atoms with Gasteiger partial charge in [0.15, 0.2) is 11.5 Å². The molecule has 144 valence electrons. The van der Waals surface area contributed by atoms with Crippen molar-refractivity contribution in [1.29, 1.82) is 0 Å². The van der Waals surface area contributed by atoms with E-state index in [1.807, 2.05) is 0 Å². The molecule has 0 N–H and O–H groups in total. The third-order valence-electron chi connectivity index (χ3n) is 2.93. The first-order chi connectivity index (χ1) is 13.6. The molecule has 29 heavy (non-hydrogen) atoms. The monoisotopic (exact) mass is 448 g/mol. The largest absolute Gasteiger partial charge is 1.00 e. The Morgan fingerprint density at radius 3 is 1.55 bits per heavy atom. The second-order valence-corrected chi connectivity index (χ2v) is 4.93. The van der Waals surface area contributed by atoms with Gasteiger partial charge in [-0.2, -0.15) is 0 Å². The number of para-hydroxylation sites is 2. The first-order valence-corrected chi connectivity index (χ1v) is 7.82. The van der Waals surface area contributed by atoms with Gasteiger partial charge in [-0.15, -0.1) is 0 Å². The Hall–Kier alpha value is -2.22. The Kier molecular flexibility index (Phi) is 11.2. The van der Waals surface area contributed by atoms with Crippen molar-refractivity contribution < 1.29 is 62.3 Å². The van der Waals surface area contributed by atoms with Gasteiger partial charge in [0.25, 0.3) is 0 Å². The van der Waals surface area contributed by atoms with E-state index in [1.54, 1.807) is 12.1 Å². The molecule has 2 aromatic carbocycles. The fourth-order valence-electron chi connectivity index (χ4n) is 1.75. The van der Waals surface area contributed by atoms with Gasteiger partial charge < -0.3 is 23.1 Å². The average molecular weight is 449 g/mol. The SMILES string of the molecule is O=C(N=NOB([O-])ON=NC(=O)c1ccccc1OCl)c1ccccc1OCl.[Na+]. The van der Waals surface area contributed by atoms with Crippen LogP contribution in [0, 0.1) is 0 Å². The molecule has 0 spiro atoms. The Balaban J connectivity index is 0.00000420. The predicted octanol–water partition coefficient (Wildman–Crippen LogP) is -0.151. The molecule has 2 amide bonds. The number of hydrogen-bond donors (Lipinski definition) is 0. The standard InChI is InChI=1S/C14H8BCl2N4O7.Na/c16-25-11-7-3-1-5-9(11)13(22)18-20-27-15(24)28-21-19-14(23)10-6-2-4-8-12(10)26-17;/h1-8H;/q-1;+1. The van der Waals surface area contributed by atoms with Crippen LogP contribution in [0.25, 0.3) is 0 Å². The molecule has 15 heteroatoms. The zero-order valence-electron chi connectivity index (χ0n) is 14.6. The van der Waals surface area contributed by atoms with Crippen LogP contribution in [0.4, 0.5) is 0 Å². The summed E-state index contributed by atoms with van der Waals surface area (Å²) < 4.78 is 17.4. The number of nitrogens with zero attached hydrogens (tertiary/aromatic N) is 4. The van der Waals surface area contributed by atoms with Crippen LogP contribution in [0.5, 0.6) is 11.5 Å². The van der Waals surface area contributed by atoms with Gasteiger partial charge in [-0.3, -0.25) is 9.59 Å². The zero-order valence-corrected chi connectivity index (χ0v) is 18.1. The van der Waals surface area contributed by atoms with E-state index in [2.05, 4.69) is 38.9 Å². The molecular weight excluding hydrogens is 441 g/mol. The first-order valence-electron chi connectivity index (χ1n) is 7.20. The Morgan fingerprint density at radius 1 is 0.793 bits per heavy atom. The summed E-state index contributed by atoms with van der Waals surface area (Å²) in [5.74, 6) is -1.70. The topological polar surface area (TPSA) is 144 Å². The number of halogens is 2. The van der Waals surface area contributed by atoms with Crippen molar-refractivity contribution in [3.8, 4) is 11.5 Å². The molecule has 0 aliphatic rings. The van der Waals surface area contributed by atoms with E-state index in [-0.39, 0.29) is 52.2 Å². The molecule has 0 aromatic heterocycles. The third kappa shape index (κ3) is 7.61. The number of hydrogen-bond acceptors (Lipinski definition) is 9. The smallest absolute Gasteiger partial charge is 0.805 e. The fraction of sp³-hybridized carbons (Fsp3) is 0. The third-order valence-corrected chi connectivity index (χ3v) is 3.26. The number of rotatable bonds is 8. The van der Waals surface area contributed by atoms with E-state index in [1.165, 1.54) is 36.4 Å². The second-order valence-electron chi connectivity index (χ2n) is 4.62. The van der Waals surface area contributed by atoms with E-state index in [0.717, 1.165) is 0 Å². The summed E-state index contributed by atoms with van der Waals surface area (Å²) >= 11 is 10.4. The summed E-state index contributed by atoms with van der Waals surface area (Å²) in [6.07, 6.45) is 0. The maximum atomic E-state index is 11.8. The Bertz CT molecular complexity index is 834. The summed E-state index contributed by atoms with van der Waals surface area (Å²) in [4.78, 5) is 23.6. The van der Waals surface area contributed by atoms with Crippen LogP contribution in [0.2, 0.25) is 0 Å². The zero-order chi connectivity index (χ0) is 20.4. The van der Waals surface area contributed by atoms with Crippen molar-refractivity contribution in [2.75, 3.05) is 0 Å². The normalized spacial score (nSPS) is 10.3. The van der Waals surface area contributed by atoms with Gasteiger partial charge in [0.2, 0.25) is 0 Å². The van der Waals surface area contributed by atoms with Crippen LogP contribution >= 0.6 is 23.7 Å². The molecule has 2 aromatic rings. The van der Waals surface area contributed by atoms with Crippen molar-refractivity contribution in [3.05, 3.63) is 59.7 Å². The Morgan fingerprint density at radius 2 is 1.17 bits per heavy atom. The molecule has 0 fully saturated rings. The van der Waals surface area contributed by atoms with Crippen LogP contribution in [0.15, 0.2) is 69.3 Å². The molecule has 0 heterocycles. The molecule has 0 saturated heterocycles. The van der Waals surface area contributed by atoms with Crippen LogP contribution in [0.3, 0.4) is 0 Å². The molecule has 0 aliphatic heterocycles. The maximum Gasteiger partial charge on any atom is 1.00 e. The van der Waals surface area contributed by atoms with Gasteiger partial charge in [-0.05, 0) is 24.3 Å². The van der Waals surface area contributed by atoms with E-state index < -0.39 is 19.1 Å². The quantitative estimate of drug-likeness (QED) is 0.310. The minimum atomic E-state index is -2.34. The predicted molar refractivity (Wildman–Crippen MR) is 92.1 cm³/mol. The summed E-state index contributed by atoms with van der Waals surface area (Å²) in [6.45, 7) is 0. The summed E-state index contributed by atoms with van der Waals surface area (Å²) in [5.41, 5.74) is -0.0302. The molecule has 0 saturated carbocycles. The van der Waals surface area contributed by atoms with Crippen molar-refractivity contribution in [3.63, 3.8) is 0 Å². The van der Waals surface area contributed by atoms with E-state index in [4.69, 9.17) is 23.7 Å². The molecule has 0 unspecified atom stereocenters. The first kappa shape index (κ1) is 24.8. The minimum Gasteiger partial charge on any atom is -0.805 e. The number of benzene rings is 2. The van der Waals surface area contributed by atoms with Gasteiger partial charge in [0.05, 0.1) is 11.1 Å². The van der Waals surface area contributed by atoms with Crippen molar-refractivity contribution in [1.82, 2.24) is 0 Å². The molecular formula is C14H8BCl2N4NaO7. The molecule has 0 bridgehead atoms. The van der Waals surface area contributed by atoms with E-state index >= 15 is 0 Å². The van der Waals surface area contributed by atoms with Gasteiger partial charge in [-0.25, -0.2) is 0 Å². The van der Waals surface area contributed by atoms with Gasteiger partial charge in [0.1, 0.15) is 23.7 Å². The van der Waals surface area contributed by atoms with Gasteiger partial charge >= 0.3 is 48.7 Å². The molecule has 0 atom stereocenters. The summed E-state index contributed by atoms with van der Waals surface area (Å²) in [7, 11) is -2.34. The summed E-state index contributed by atoms with van der Waals surface area (Å²) in [5, 5.41) is 23.4. The van der Waals surface area contributed by atoms with Crippen LogP contribution in [-0.4, -0.2) is 19.1 Å². The molecule has 11 nitrogen and oxygen atoms in total. The van der Waals surface area contributed by atoms with Crippen LogP contribution in [0.1, 0.15) is 20.7 Å². The van der Waals surface area contributed by atoms with Crippen molar-refractivity contribution in [2.45, 2.75) is 0 Å². The van der Waals surface area contributed by atoms with Gasteiger partial charge in [0, 0.05) is 10.6 Å². The van der Waals surface area contributed by atoms with E-state index in [0.29, 0.717) is 0 Å². The molecule has 0 radical (unpaired) electrons. The fourth-order valence-corrected chi connectivity index (χ4v) is 2.02. The second kappa shape index (κ2) is 13.1. The Labute approximate surface area is 196 Å². The van der Waals surface area contributed by atoms with Crippen LogP contribution < -0.4 is 43.2 Å². The summed E-state index contributed by atoms with van der Waals surface area (Å²) in [6, 6.07) is 11.8. The average Bonchev–Trinajstić information content (AvgIpc) is 2.73. The van der Waals surface area contributed by atoms with Crippen molar-refractivity contribution >= 4 is 42.9 Å².